The number of rotatable bonds is 2. The Morgan fingerprint density at radius 3 is 2.80 bits per heavy atom. The first-order chi connectivity index (χ1) is 9.81. The second-order valence-corrected chi connectivity index (χ2v) is 4.83. The second-order valence-electron chi connectivity index (χ2n) is 4.83. The number of amides is 1. The number of nitrogens with two attached hydrogens (primary N) is 1. The average molecular weight is 268 g/mol. The normalized spacial score (nSPS) is 17.6. The fraction of sp³-hybridized carbons (Fsp3) is 0.267. The van der Waals surface area contributed by atoms with Gasteiger partial charge in [0, 0.05) is 25.5 Å². The molecule has 0 aliphatic carbocycles. The summed E-state index contributed by atoms with van der Waals surface area (Å²) in [6.45, 7) is 1.09. The van der Waals surface area contributed by atoms with Crippen molar-refractivity contribution in [3.8, 4) is 0 Å². The van der Waals surface area contributed by atoms with Crippen LogP contribution < -0.4 is 5.73 Å². The van der Waals surface area contributed by atoms with Crippen molar-refractivity contribution < 1.29 is 4.79 Å². The molecule has 0 fully saturated rings. The van der Waals surface area contributed by atoms with Crippen LogP contribution in [0.1, 0.15) is 27.5 Å². The van der Waals surface area contributed by atoms with Gasteiger partial charge in [0.1, 0.15) is 6.33 Å². The monoisotopic (exact) mass is 268 g/mol. The maximum absolute atomic E-state index is 12.6. The zero-order valence-corrected chi connectivity index (χ0v) is 11.1. The van der Waals surface area contributed by atoms with Gasteiger partial charge in [-0.15, -0.1) is 0 Å². The van der Waals surface area contributed by atoms with Crippen molar-refractivity contribution >= 4 is 5.91 Å². The summed E-state index contributed by atoms with van der Waals surface area (Å²) < 4.78 is 0. The van der Waals surface area contributed by atoms with Gasteiger partial charge in [0.05, 0.1) is 11.6 Å². The van der Waals surface area contributed by atoms with Crippen molar-refractivity contribution in [2.24, 2.45) is 5.73 Å². The number of aromatic nitrogens is 2. The lowest BCUT2D eigenvalue weighted by Crippen LogP contribution is -2.43. The third-order valence-corrected chi connectivity index (χ3v) is 3.70. The third-order valence-electron chi connectivity index (χ3n) is 3.70. The van der Waals surface area contributed by atoms with Crippen molar-refractivity contribution in [1.82, 2.24) is 14.9 Å². The first-order valence-electron chi connectivity index (χ1n) is 6.65. The van der Waals surface area contributed by atoms with Crippen LogP contribution in [0.2, 0.25) is 0 Å². The van der Waals surface area contributed by atoms with E-state index in [1.807, 2.05) is 23.1 Å². The van der Waals surface area contributed by atoms with E-state index in [1.54, 1.807) is 12.4 Å². The molecule has 1 amide bonds. The van der Waals surface area contributed by atoms with Gasteiger partial charge >= 0.3 is 0 Å². The number of nitrogens with zero attached hydrogens (tertiary/aromatic N) is 3. The smallest absolute Gasteiger partial charge is 0.257 e. The van der Waals surface area contributed by atoms with E-state index in [-0.39, 0.29) is 11.9 Å². The van der Waals surface area contributed by atoms with E-state index in [9.17, 15) is 4.79 Å². The molecule has 2 aromatic rings. The fourth-order valence-corrected chi connectivity index (χ4v) is 2.72. The molecule has 1 aliphatic heterocycles. The molecule has 3 rings (SSSR count). The highest BCUT2D eigenvalue weighted by Gasteiger charge is 2.30. The summed E-state index contributed by atoms with van der Waals surface area (Å²) in [7, 11) is 0. The van der Waals surface area contributed by atoms with Gasteiger partial charge in [0.2, 0.25) is 0 Å². The van der Waals surface area contributed by atoms with Crippen molar-refractivity contribution in [3.63, 3.8) is 0 Å². The summed E-state index contributed by atoms with van der Waals surface area (Å²) in [5.41, 5.74) is 8.82. The Hall–Kier alpha value is -2.27. The van der Waals surface area contributed by atoms with Crippen molar-refractivity contribution in [2.75, 3.05) is 13.1 Å². The molecule has 0 bridgehead atoms. The van der Waals surface area contributed by atoms with Crippen LogP contribution in [0.15, 0.2) is 43.0 Å². The van der Waals surface area contributed by atoms with E-state index in [1.165, 1.54) is 11.9 Å². The molecule has 0 radical (unpaired) electrons. The molecule has 1 aliphatic rings. The van der Waals surface area contributed by atoms with Crippen LogP contribution in [0.5, 0.6) is 0 Å². The Labute approximate surface area is 117 Å². The Morgan fingerprint density at radius 2 is 2.05 bits per heavy atom. The summed E-state index contributed by atoms with van der Waals surface area (Å²) >= 11 is 0. The van der Waals surface area contributed by atoms with Gasteiger partial charge in [-0.2, -0.15) is 0 Å². The lowest BCUT2D eigenvalue weighted by Gasteiger charge is -2.36. The molecule has 1 aromatic carbocycles. The van der Waals surface area contributed by atoms with Crippen LogP contribution in [0.25, 0.3) is 0 Å². The summed E-state index contributed by atoms with van der Waals surface area (Å²) in [6, 6.07) is 8.09. The summed E-state index contributed by atoms with van der Waals surface area (Å²) in [6.07, 6.45) is 5.36. The molecular formula is C15H16N4O. The molecule has 0 spiro atoms. The Bertz CT molecular complexity index is 614. The zero-order chi connectivity index (χ0) is 13.9. The molecule has 20 heavy (non-hydrogen) atoms. The van der Waals surface area contributed by atoms with Crippen LogP contribution in [0.4, 0.5) is 0 Å². The third kappa shape index (κ3) is 2.16. The molecular weight excluding hydrogens is 252 g/mol. The molecule has 1 aromatic heterocycles. The lowest BCUT2D eigenvalue weighted by molar-refractivity contribution is 0.0667. The summed E-state index contributed by atoms with van der Waals surface area (Å²) in [4.78, 5) is 22.2. The van der Waals surface area contributed by atoms with Crippen LogP contribution in [0.3, 0.4) is 0 Å². The van der Waals surface area contributed by atoms with Gasteiger partial charge in [-0.1, -0.05) is 24.3 Å². The lowest BCUT2D eigenvalue weighted by atomic mass is 9.92. The van der Waals surface area contributed by atoms with E-state index >= 15 is 0 Å². The first kappa shape index (κ1) is 12.7. The molecule has 1 unspecified atom stereocenters. The summed E-state index contributed by atoms with van der Waals surface area (Å²) in [5.74, 6) is -0.0597. The highest BCUT2D eigenvalue weighted by molar-refractivity contribution is 5.94. The predicted molar refractivity (Wildman–Crippen MR) is 75.0 cm³/mol. The minimum Gasteiger partial charge on any atom is -0.330 e. The molecule has 5 nitrogen and oxygen atoms in total. The standard InChI is InChI=1S/C15H16N4O/c16-7-14-13-4-2-1-3-11(13)5-6-19(14)15(20)12-8-17-10-18-9-12/h1-4,8-10,14H,5-7,16H2. The Balaban J connectivity index is 1.94. The summed E-state index contributed by atoms with van der Waals surface area (Å²) in [5, 5.41) is 0. The molecule has 2 heterocycles. The van der Waals surface area contributed by atoms with Gasteiger partial charge in [-0.05, 0) is 17.5 Å². The zero-order valence-electron chi connectivity index (χ0n) is 11.1. The maximum Gasteiger partial charge on any atom is 0.257 e. The minimum absolute atomic E-state index is 0.0597. The van der Waals surface area contributed by atoms with Crippen molar-refractivity contribution in [3.05, 3.63) is 59.7 Å². The molecule has 0 saturated carbocycles. The number of carbonyl (C=O) groups excluding carboxylic acids is 1. The minimum atomic E-state index is -0.0762. The van der Waals surface area contributed by atoms with Crippen LogP contribution in [-0.4, -0.2) is 33.9 Å². The van der Waals surface area contributed by atoms with Crippen molar-refractivity contribution in [2.45, 2.75) is 12.5 Å². The highest BCUT2D eigenvalue weighted by Crippen LogP contribution is 2.29. The van der Waals surface area contributed by atoms with Crippen LogP contribution >= 0.6 is 0 Å². The fourth-order valence-electron chi connectivity index (χ4n) is 2.72. The van der Waals surface area contributed by atoms with Crippen LogP contribution in [0, 0.1) is 0 Å². The molecule has 1 atom stereocenters. The van der Waals surface area contributed by atoms with E-state index in [0.29, 0.717) is 18.7 Å². The van der Waals surface area contributed by atoms with E-state index in [4.69, 9.17) is 5.73 Å². The van der Waals surface area contributed by atoms with Gasteiger partial charge in [-0.25, -0.2) is 9.97 Å². The van der Waals surface area contributed by atoms with Gasteiger partial charge in [0.25, 0.3) is 5.91 Å². The number of carbonyl (C=O) groups is 1. The van der Waals surface area contributed by atoms with Gasteiger partial charge in [0.15, 0.2) is 0 Å². The van der Waals surface area contributed by atoms with E-state index < -0.39 is 0 Å². The Kier molecular flexibility index (Phi) is 3.43. The first-order valence-corrected chi connectivity index (χ1v) is 6.65. The number of hydrogen-bond donors (Lipinski definition) is 1. The average Bonchev–Trinajstić information content (AvgIpc) is 2.54. The van der Waals surface area contributed by atoms with Crippen molar-refractivity contribution in [1.29, 1.82) is 0 Å². The molecule has 5 heteroatoms. The molecule has 2 N–H and O–H groups in total. The molecule has 0 saturated heterocycles. The maximum atomic E-state index is 12.6. The quantitative estimate of drug-likeness (QED) is 0.887. The topological polar surface area (TPSA) is 72.1 Å². The van der Waals surface area contributed by atoms with Crippen LogP contribution in [-0.2, 0) is 6.42 Å². The Morgan fingerprint density at radius 1 is 1.30 bits per heavy atom. The van der Waals surface area contributed by atoms with E-state index in [2.05, 4.69) is 16.0 Å². The van der Waals surface area contributed by atoms with Gasteiger partial charge < -0.3 is 10.6 Å². The predicted octanol–water partition coefficient (Wildman–Crippen LogP) is 1.17. The largest absolute Gasteiger partial charge is 0.330 e. The van der Waals surface area contributed by atoms with Gasteiger partial charge in [-0.3, -0.25) is 4.79 Å². The SMILES string of the molecule is NCC1c2ccccc2CCN1C(=O)c1cncnc1. The number of benzene rings is 1. The second kappa shape index (κ2) is 5.38. The molecule has 102 valence electrons. The number of hydrogen-bond acceptors (Lipinski definition) is 4. The number of fused-ring (bicyclic) bond motifs is 1. The highest BCUT2D eigenvalue weighted by atomic mass is 16.2. The van der Waals surface area contributed by atoms with E-state index in [0.717, 1.165) is 12.0 Å².